The van der Waals surface area contributed by atoms with Crippen molar-refractivity contribution in [2.75, 3.05) is 26.7 Å². The highest BCUT2D eigenvalue weighted by Gasteiger charge is 2.41. The van der Waals surface area contributed by atoms with E-state index in [0.717, 1.165) is 43.8 Å². The van der Waals surface area contributed by atoms with Crippen molar-refractivity contribution in [3.63, 3.8) is 0 Å². The fourth-order valence-corrected chi connectivity index (χ4v) is 4.45. The van der Waals surface area contributed by atoms with Gasteiger partial charge in [-0.2, -0.15) is 0 Å². The maximum Gasteiger partial charge on any atom is 0.261 e. The lowest BCUT2D eigenvalue weighted by Gasteiger charge is -2.43. The van der Waals surface area contributed by atoms with Crippen LogP contribution in [0.2, 0.25) is 0 Å². The number of hydrogen-bond acceptors (Lipinski definition) is 4. The molecule has 5 heteroatoms. The number of ether oxygens (including phenoxy) is 1. The number of carbonyl (C=O) groups is 1. The minimum Gasteiger partial charge on any atom is -0.370 e. The molecule has 1 N–H and O–H groups in total. The van der Waals surface area contributed by atoms with Crippen molar-refractivity contribution in [1.82, 2.24) is 10.2 Å². The molecule has 3 heterocycles. The van der Waals surface area contributed by atoms with Crippen LogP contribution in [0.5, 0.6) is 0 Å². The number of nitrogens with zero attached hydrogens (tertiary/aromatic N) is 1. The van der Waals surface area contributed by atoms with Crippen LogP contribution in [0.4, 0.5) is 0 Å². The first kappa shape index (κ1) is 16.0. The van der Waals surface area contributed by atoms with E-state index in [-0.39, 0.29) is 17.0 Å². The third-order valence-electron chi connectivity index (χ3n) is 4.51. The maximum atomic E-state index is 12.5. The fourth-order valence-electron chi connectivity index (χ4n) is 3.32. The second kappa shape index (κ2) is 5.62. The topological polar surface area (TPSA) is 41.6 Å². The molecule has 4 nitrogen and oxygen atoms in total. The molecule has 22 heavy (non-hydrogen) atoms. The zero-order chi connectivity index (χ0) is 16.0. The summed E-state index contributed by atoms with van der Waals surface area (Å²) in [6, 6.07) is 2.09. The molecular weight excluding hydrogens is 296 g/mol. The van der Waals surface area contributed by atoms with E-state index in [9.17, 15) is 4.79 Å². The highest BCUT2D eigenvalue weighted by atomic mass is 32.1. The number of likely N-dealkylation sites (tertiary alicyclic amines) is 1. The highest BCUT2D eigenvalue weighted by Crippen LogP contribution is 2.44. The molecule has 0 aliphatic carbocycles. The summed E-state index contributed by atoms with van der Waals surface area (Å²) < 4.78 is 6.22. The van der Waals surface area contributed by atoms with Gasteiger partial charge in [0.25, 0.3) is 5.91 Å². The second-order valence-corrected chi connectivity index (χ2v) is 8.68. The van der Waals surface area contributed by atoms with Crippen LogP contribution in [0.15, 0.2) is 6.07 Å². The molecule has 0 bridgehead atoms. The Labute approximate surface area is 136 Å². The Balaban J connectivity index is 1.87. The summed E-state index contributed by atoms with van der Waals surface area (Å²) in [5.74, 6) is 0.0370. The van der Waals surface area contributed by atoms with Gasteiger partial charge in [0, 0.05) is 29.9 Å². The summed E-state index contributed by atoms with van der Waals surface area (Å²) in [4.78, 5) is 17.0. The standard InChI is InChI=1S/C17H26N2O2S/c1-16(2,3)18-15(20)14-11-12-13(22-14)5-10-21-17(12)6-8-19(4)9-7-17/h11H,5-10H2,1-4H3,(H,18,20). The van der Waals surface area contributed by atoms with E-state index < -0.39 is 0 Å². The molecule has 1 amide bonds. The Bertz CT molecular complexity index is 566. The van der Waals surface area contributed by atoms with Crippen LogP contribution in [0, 0.1) is 0 Å². The summed E-state index contributed by atoms with van der Waals surface area (Å²) in [7, 11) is 2.16. The number of nitrogens with one attached hydrogen (secondary N) is 1. The molecular formula is C17H26N2O2S. The van der Waals surface area contributed by atoms with Gasteiger partial charge in [0.2, 0.25) is 0 Å². The Morgan fingerprint density at radius 3 is 2.68 bits per heavy atom. The largest absolute Gasteiger partial charge is 0.370 e. The quantitative estimate of drug-likeness (QED) is 0.864. The van der Waals surface area contributed by atoms with Gasteiger partial charge in [-0.3, -0.25) is 4.79 Å². The van der Waals surface area contributed by atoms with E-state index in [4.69, 9.17) is 4.74 Å². The molecule has 1 fully saturated rings. The zero-order valence-electron chi connectivity index (χ0n) is 14.0. The number of piperidine rings is 1. The highest BCUT2D eigenvalue weighted by molar-refractivity contribution is 7.14. The number of rotatable bonds is 1. The van der Waals surface area contributed by atoms with Crippen LogP contribution in [-0.4, -0.2) is 43.1 Å². The molecule has 0 aromatic carbocycles. The van der Waals surface area contributed by atoms with Crippen LogP contribution >= 0.6 is 11.3 Å². The van der Waals surface area contributed by atoms with Crippen molar-refractivity contribution in [1.29, 1.82) is 0 Å². The third-order valence-corrected chi connectivity index (χ3v) is 5.71. The zero-order valence-corrected chi connectivity index (χ0v) is 14.8. The van der Waals surface area contributed by atoms with Crippen LogP contribution in [0.3, 0.4) is 0 Å². The van der Waals surface area contributed by atoms with E-state index >= 15 is 0 Å². The number of carbonyl (C=O) groups excluding carboxylic acids is 1. The lowest BCUT2D eigenvalue weighted by atomic mass is 9.82. The van der Waals surface area contributed by atoms with Crippen LogP contribution < -0.4 is 5.32 Å². The van der Waals surface area contributed by atoms with E-state index in [2.05, 4.69) is 23.3 Å². The number of hydrogen-bond donors (Lipinski definition) is 1. The average molecular weight is 322 g/mol. The van der Waals surface area contributed by atoms with Gasteiger partial charge in [-0.1, -0.05) is 0 Å². The molecule has 0 atom stereocenters. The van der Waals surface area contributed by atoms with Crippen molar-refractivity contribution in [2.45, 2.75) is 51.2 Å². The van der Waals surface area contributed by atoms with Gasteiger partial charge in [-0.15, -0.1) is 11.3 Å². The van der Waals surface area contributed by atoms with Gasteiger partial charge < -0.3 is 15.0 Å². The first-order chi connectivity index (χ1) is 10.3. The summed E-state index contributed by atoms with van der Waals surface area (Å²) in [5.41, 5.74) is 0.913. The van der Waals surface area contributed by atoms with Gasteiger partial charge in [0.15, 0.2) is 0 Å². The molecule has 1 aromatic heterocycles. The average Bonchev–Trinajstić information content (AvgIpc) is 2.86. The Kier molecular flexibility index (Phi) is 4.08. The SMILES string of the molecule is CN1CCC2(CC1)OCCc1sc(C(=O)NC(C)(C)C)cc12. The molecule has 1 spiro atoms. The van der Waals surface area contributed by atoms with E-state index in [1.807, 2.05) is 20.8 Å². The van der Waals surface area contributed by atoms with Crippen LogP contribution in [0.25, 0.3) is 0 Å². The lowest BCUT2D eigenvalue weighted by Crippen LogP contribution is -2.44. The Hall–Kier alpha value is -0.910. The van der Waals surface area contributed by atoms with Crippen molar-refractivity contribution < 1.29 is 9.53 Å². The number of thiophene rings is 1. The summed E-state index contributed by atoms with van der Waals surface area (Å²) in [6.45, 7) is 8.93. The van der Waals surface area contributed by atoms with Crippen molar-refractivity contribution >= 4 is 17.2 Å². The normalized spacial score (nSPS) is 21.6. The van der Waals surface area contributed by atoms with Crippen LogP contribution in [-0.2, 0) is 16.8 Å². The smallest absolute Gasteiger partial charge is 0.261 e. The van der Waals surface area contributed by atoms with Gasteiger partial charge >= 0.3 is 0 Å². The first-order valence-electron chi connectivity index (χ1n) is 8.07. The molecule has 2 aliphatic rings. The fraction of sp³-hybridized carbons (Fsp3) is 0.706. The number of fused-ring (bicyclic) bond motifs is 2. The summed E-state index contributed by atoms with van der Waals surface area (Å²) >= 11 is 1.65. The maximum absolute atomic E-state index is 12.5. The molecule has 0 saturated carbocycles. The third kappa shape index (κ3) is 3.07. The minimum absolute atomic E-state index is 0.0370. The van der Waals surface area contributed by atoms with Crippen molar-refractivity contribution in [2.24, 2.45) is 0 Å². The summed E-state index contributed by atoms with van der Waals surface area (Å²) in [5, 5.41) is 3.07. The van der Waals surface area contributed by atoms with Crippen molar-refractivity contribution in [3.05, 3.63) is 21.4 Å². The molecule has 0 unspecified atom stereocenters. The van der Waals surface area contributed by atoms with E-state index in [1.54, 1.807) is 11.3 Å². The molecule has 1 aromatic rings. The molecule has 3 rings (SSSR count). The Morgan fingerprint density at radius 2 is 2.05 bits per heavy atom. The number of amides is 1. The van der Waals surface area contributed by atoms with Gasteiger partial charge in [-0.05, 0) is 52.3 Å². The molecule has 2 aliphatic heterocycles. The van der Waals surface area contributed by atoms with E-state index in [0.29, 0.717) is 0 Å². The molecule has 122 valence electrons. The van der Waals surface area contributed by atoms with Crippen LogP contribution in [0.1, 0.15) is 53.7 Å². The summed E-state index contributed by atoms with van der Waals surface area (Å²) in [6.07, 6.45) is 2.97. The van der Waals surface area contributed by atoms with E-state index in [1.165, 1.54) is 10.4 Å². The van der Waals surface area contributed by atoms with Crippen molar-refractivity contribution in [3.8, 4) is 0 Å². The van der Waals surface area contributed by atoms with Gasteiger partial charge in [0.1, 0.15) is 0 Å². The lowest BCUT2D eigenvalue weighted by molar-refractivity contribution is -0.0942. The van der Waals surface area contributed by atoms with Gasteiger partial charge in [-0.25, -0.2) is 0 Å². The monoisotopic (exact) mass is 322 g/mol. The predicted octanol–water partition coefficient (Wildman–Crippen LogP) is 2.77. The minimum atomic E-state index is -0.205. The molecule has 1 saturated heterocycles. The predicted molar refractivity (Wildman–Crippen MR) is 89.6 cm³/mol. The molecule has 0 radical (unpaired) electrons. The Morgan fingerprint density at radius 1 is 1.36 bits per heavy atom. The second-order valence-electron chi connectivity index (χ2n) is 7.55. The van der Waals surface area contributed by atoms with Gasteiger partial charge in [0.05, 0.1) is 17.1 Å². The first-order valence-corrected chi connectivity index (χ1v) is 8.89.